The van der Waals surface area contributed by atoms with Crippen LogP contribution >= 0.6 is 0 Å². The third-order valence-corrected chi connectivity index (χ3v) is 7.58. The number of carbonyl (C=O) groups is 1. The lowest BCUT2D eigenvalue weighted by Crippen LogP contribution is -2.46. The van der Waals surface area contributed by atoms with Crippen LogP contribution in [0.5, 0.6) is 0 Å². The van der Waals surface area contributed by atoms with Gasteiger partial charge < -0.3 is 9.34 Å². The smallest absolute Gasteiger partial charge is 0.390 e. The summed E-state index contributed by atoms with van der Waals surface area (Å²) in [6, 6.07) is 0. The molecule has 0 aliphatic carbocycles. The minimum Gasteiger partial charge on any atom is -0.466 e. The Labute approximate surface area is 65.0 Å². The van der Waals surface area contributed by atoms with Gasteiger partial charge in [0, 0.05) is 0 Å². The minimum atomic E-state index is -1.11. The average molecular weight is 177 g/mol. The summed E-state index contributed by atoms with van der Waals surface area (Å²) in [4.78, 5) is 10.6. The van der Waals surface area contributed by atoms with Crippen LogP contribution in [-0.2, 0) is 0 Å². The van der Waals surface area contributed by atoms with Crippen LogP contribution in [0.1, 0.15) is 0 Å². The van der Waals surface area contributed by atoms with Crippen molar-refractivity contribution in [2.24, 2.45) is 0 Å². The summed E-state index contributed by atoms with van der Waals surface area (Å²) >= 11 is 0. The van der Waals surface area contributed by atoms with Crippen molar-refractivity contribution in [3.63, 3.8) is 0 Å². The van der Waals surface area contributed by atoms with E-state index in [1.54, 1.807) is 4.23 Å². The van der Waals surface area contributed by atoms with E-state index in [4.69, 9.17) is 5.11 Å². The van der Waals surface area contributed by atoms with Crippen molar-refractivity contribution >= 4 is 24.0 Å². The highest BCUT2D eigenvalue weighted by Crippen LogP contribution is 1.99. The van der Waals surface area contributed by atoms with Gasteiger partial charge in [0.05, 0.1) is 0 Å². The Morgan fingerprint density at radius 1 is 1.20 bits per heavy atom. The summed E-state index contributed by atoms with van der Waals surface area (Å²) in [6.45, 7) is 8.17. The number of amides is 1. The Morgan fingerprint density at radius 3 is 1.50 bits per heavy atom. The Kier molecular flexibility index (Phi) is 3.66. The van der Waals surface area contributed by atoms with Crippen LogP contribution in [0.3, 0.4) is 0 Å². The summed E-state index contributed by atoms with van der Waals surface area (Å²) in [7, 11) is -2.21. The van der Waals surface area contributed by atoms with Gasteiger partial charge in [0.15, 0.2) is 0 Å². The van der Waals surface area contributed by atoms with E-state index < -0.39 is 24.0 Å². The Bertz CT molecular complexity index is 119. The molecule has 10 heavy (non-hydrogen) atoms. The van der Waals surface area contributed by atoms with Gasteiger partial charge in [0.2, 0.25) is 0 Å². The Balaban J connectivity index is 4.12. The highest BCUT2D eigenvalue weighted by Gasteiger charge is 2.19. The van der Waals surface area contributed by atoms with E-state index in [1.165, 1.54) is 0 Å². The highest BCUT2D eigenvalue weighted by molar-refractivity contribution is 6.73. The highest BCUT2D eigenvalue weighted by atomic mass is 28.3. The van der Waals surface area contributed by atoms with Gasteiger partial charge in [-0.05, 0) is 0 Å². The second-order valence-electron chi connectivity index (χ2n) is 2.88. The maximum atomic E-state index is 10.6. The molecular weight excluding hydrogens is 162 g/mol. The van der Waals surface area contributed by atoms with Gasteiger partial charge in [-0.1, -0.05) is 26.2 Å². The number of carboxylic acid groups (broad SMARTS) is 1. The van der Waals surface area contributed by atoms with Gasteiger partial charge >= 0.3 is 6.09 Å². The summed E-state index contributed by atoms with van der Waals surface area (Å²) in [6.07, 6.45) is -0.719. The maximum absolute atomic E-state index is 10.6. The molecule has 0 rings (SSSR count). The minimum absolute atomic E-state index is 0.719. The van der Waals surface area contributed by atoms with Crippen molar-refractivity contribution in [2.75, 3.05) is 0 Å². The molecule has 0 spiro atoms. The molecule has 0 heterocycles. The van der Waals surface area contributed by atoms with Crippen molar-refractivity contribution in [3.8, 4) is 0 Å². The van der Waals surface area contributed by atoms with E-state index in [9.17, 15) is 4.79 Å². The van der Waals surface area contributed by atoms with Gasteiger partial charge in [0.1, 0.15) is 17.9 Å². The lowest BCUT2D eigenvalue weighted by atomic mass is 11.3. The second-order valence-corrected chi connectivity index (χ2v) is 8.96. The van der Waals surface area contributed by atoms with Crippen molar-refractivity contribution < 1.29 is 9.90 Å². The molecule has 0 fully saturated rings. The molecule has 1 N–H and O–H groups in total. The van der Waals surface area contributed by atoms with Crippen molar-refractivity contribution in [1.29, 1.82) is 0 Å². The van der Waals surface area contributed by atoms with Crippen LogP contribution in [-0.4, -0.2) is 33.3 Å². The zero-order valence-electron chi connectivity index (χ0n) is 6.96. The quantitative estimate of drug-likeness (QED) is 0.638. The molecule has 0 saturated carbocycles. The number of nitrogens with zero attached hydrogens (tertiary/aromatic N) is 1. The van der Waals surface area contributed by atoms with Crippen LogP contribution in [0.2, 0.25) is 26.2 Å². The molecule has 3 nitrogen and oxygen atoms in total. The molecule has 0 saturated heterocycles. The summed E-state index contributed by atoms with van der Waals surface area (Å²) in [5.74, 6) is 0. The lowest BCUT2D eigenvalue weighted by molar-refractivity contribution is 0.186. The molecule has 0 unspecified atom stereocenters. The third-order valence-electron chi connectivity index (χ3n) is 1.33. The number of hydrogen-bond acceptors (Lipinski definition) is 1. The standard InChI is InChI=1S/C5H15NO2Si2/c1-9(2)6(5(7)8)10(3)4/h9-10H,1-4H3,(H,7,8). The van der Waals surface area contributed by atoms with E-state index in [0.717, 1.165) is 0 Å². The molecule has 0 aliphatic rings. The van der Waals surface area contributed by atoms with E-state index in [2.05, 4.69) is 0 Å². The fourth-order valence-corrected chi connectivity index (χ4v) is 6.69. The first kappa shape index (κ1) is 9.70. The van der Waals surface area contributed by atoms with E-state index in [-0.39, 0.29) is 0 Å². The molecule has 0 bridgehead atoms. The topological polar surface area (TPSA) is 40.5 Å². The summed E-state index contributed by atoms with van der Waals surface area (Å²) in [5.41, 5.74) is 0. The van der Waals surface area contributed by atoms with E-state index >= 15 is 0 Å². The van der Waals surface area contributed by atoms with Crippen molar-refractivity contribution in [3.05, 3.63) is 0 Å². The van der Waals surface area contributed by atoms with E-state index in [1.807, 2.05) is 26.2 Å². The molecule has 0 aromatic heterocycles. The molecule has 0 aliphatic heterocycles. The van der Waals surface area contributed by atoms with Crippen LogP contribution in [0.15, 0.2) is 0 Å². The molecule has 0 radical (unpaired) electrons. The van der Waals surface area contributed by atoms with Gasteiger partial charge in [-0.25, -0.2) is 4.79 Å². The zero-order chi connectivity index (χ0) is 8.31. The van der Waals surface area contributed by atoms with E-state index in [0.29, 0.717) is 0 Å². The van der Waals surface area contributed by atoms with Crippen molar-refractivity contribution in [1.82, 2.24) is 4.23 Å². The first-order valence-corrected chi connectivity index (χ1v) is 9.13. The molecule has 5 heteroatoms. The normalized spacial score (nSPS) is 10.6. The van der Waals surface area contributed by atoms with Crippen LogP contribution in [0, 0.1) is 0 Å². The second kappa shape index (κ2) is 3.77. The Hall–Kier alpha value is -0.296. The summed E-state index contributed by atoms with van der Waals surface area (Å²) < 4.78 is 1.69. The zero-order valence-corrected chi connectivity index (χ0v) is 9.27. The van der Waals surface area contributed by atoms with Crippen LogP contribution in [0.25, 0.3) is 0 Å². The monoisotopic (exact) mass is 177 g/mol. The fraction of sp³-hybridized carbons (Fsp3) is 0.800. The van der Waals surface area contributed by atoms with Crippen LogP contribution in [0.4, 0.5) is 4.79 Å². The summed E-state index contributed by atoms with van der Waals surface area (Å²) in [5, 5.41) is 8.71. The third kappa shape index (κ3) is 2.53. The first-order chi connectivity index (χ1) is 4.46. The maximum Gasteiger partial charge on any atom is 0.390 e. The van der Waals surface area contributed by atoms with Gasteiger partial charge in [-0.2, -0.15) is 0 Å². The largest absolute Gasteiger partial charge is 0.466 e. The predicted molar refractivity (Wildman–Crippen MR) is 47.6 cm³/mol. The van der Waals surface area contributed by atoms with Gasteiger partial charge in [-0.15, -0.1) is 0 Å². The number of rotatable bonds is 2. The first-order valence-electron chi connectivity index (χ1n) is 3.48. The SMILES string of the molecule is C[SiH](C)N(C(=O)O)[SiH](C)C. The molecule has 0 atom stereocenters. The molecular formula is C5H15NO2Si2. The molecule has 0 aromatic rings. The Morgan fingerprint density at radius 2 is 1.50 bits per heavy atom. The number of hydrogen-bond donors (Lipinski definition) is 1. The van der Waals surface area contributed by atoms with Gasteiger partial charge in [0.25, 0.3) is 0 Å². The van der Waals surface area contributed by atoms with Crippen molar-refractivity contribution in [2.45, 2.75) is 26.2 Å². The molecule has 60 valence electrons. The molecule has 1 amide bonds. The molecule has 0 aromatic carbocycles. The predicted octanol–water partition coefficient (Wildman–Crippen LogP) is 0.933. The fourth-order valence-electron chi connectivity index (χ4n) is 1.04. The lowest BCUT2D eigenvalue weighted by Gasteiger charge is -2.26. The average Bonchev–Trinajstić information content (AvgIpc) is 1.59. The van der Waals surface area contributed by atoms with Crippen LogP contribution < -0.4 is 0 Å². The van der Waals surface area contributed by atoms with Gasteiger partial charge in [-0.3, -0.25) is 0 Å².